The van der Waals surface area contributed by atoms with Crippen LogP contribution in [0.25, 0.3) is 0 Å². The van der Waals surface area contributed by atoms with Gasteiger partial charge in [0.2, 0.25) is 5.91 Å². The van der Waals surface area contributed by atoms with E-state index in [2.05, 4.69) is 18.3 Å². The molecule has 0 aromatic carbocycles. The van der Waals surface area contributed by atoms with Crippen LogP contribution in [0.1, 0.15) is 46.5 Å². The van der Waals surface area contributed by atoms with Gasteiger partial charge in [0, 0.05) is 13.0 Å². The molecule has 0 fully saturated rings. The largest absolute Gasteiger partial charge is 0.356 e. The minimum absolute atomic E-state index is 0.0572. The Hall–Kier alpha value is -1.04. The van der Waals surface area contributed by atoms with Crippen LogP contribution in [0.15, 0.2) is 0 Å². The molecule has 0 rings (SSSR count). The van der Waals surface area contributed by atoms with E-state index < -0.39 is 0 Å². The topological polar surface area (TPSA) is 52.9 Å². The fourth-order valence-electron chi connectivity index (χ4n) is 0.975. The van der Waals surface area contributed by atoms with Crippen LogP contribution < -0.4 is 5.32 Å². The van der Waals surface area contributed by atoms with E-state index in [9.17, 15) is 4.79 Å². The van der Waals surface area contributed by atoms with Crippen molar-refractivity contribution < 1.29 is 4.79 Å². The third-order valence-electron chi connectivity index (χ3n) is 2.13. The van der Waals surface area contributed by atoms with Crippen LogP contribution in [-0.4, -0.2) is 12.5 Å². The molecule has 0 aliphatic heterocycles. The summed E-state index contributed by atoms with van der Waals surface area (Å²) < 4.78 is 0. The Kier molecular flexibility index (Phi) is 5.94. The highest BCUT2D eigenvalue weighted by molar-refractivity contribution is 5.75. The molecule has 0 spiro atoms. The van der Waals surface area contributed by atoms with Gasteiger partial charge in [-0.1, -0.05) is 13.3 Å². The number of unbranched alkanes of at least 4 members (excludes halogenated alkanes) is 1. The monoisotopic (exact) mass is 196 g/mol. The minimum Gasteiger partial charge on any atom is -0.356 e. The average molecular weight is 196 g/mol. The zero-order valence-electron chi connectivity index (χ0n) is 9.39. The summed E-state index contributed by atoms with van der Waals surface area (Å²) in [7, 11) is 0. The third kappa shape index (κ3) is 6.47. The number of rotatable bonds is 6. The van der Waals surface area contributed by atoms with E-state index in [-0.39, 0.29) is 11.3 Å². The standard InChI is InChI=1S/C11H20N2O/c1-4-5-8-13-10(14)6-7-11(2,3)9-12/h4-8H2,1-3H3,(H,13,14). The van der Waals surface area contributed by atoms with E-state index in [4.69, 9.17) is 5.26 Å². The summed E-state index contributed by atoms with van der Waals surface area (Å²) in [5, 5.41) is 11.6. The molecule has 14 heavy (non-hydrogen) atoms. The summed E-state index contributed by atoms with van der Waals surface area (Å²) in [4.78, 5) is 11.3. The van der Waals surface area contributed by atoms with Crippen molar-refractivity contribution in [2.24, 2.45) is 5.41 Å². The number of amides is 1. The number of carbonyl (C=O) groups excluding carboxylic acids is 1. The van der Waals surface area contributed by atoms with Crippen molar-refractivity contribution in [2.45, 2.75) is 46.5 Å². The number of hydrogen-bond donors (Lipinski definition) is 1. The Labute approximate surface area is 86.5 Å². The van der Waals surface area contributed by atoms with Crippen LogP contribution in [0.4, 0.5) is 0 Å². The molecule has 80 valence electrons. The molecule has 3 heteroatoms. The van der Waals surface area contributed by atoms with Gasteiger partial charge in [0.25, 0.3) is 0 Å². The van der Waals surface area contributed by atoms with Gasteiger partial charge in [0.15, 0.2) is 0 Å². The van der Waals surface area contributed by atoms with Crippen molar-refractivity contribution in [2.75, 3.05) is 6.54 Å². The summed E-state index contributed by atoms with van der Waals surface area (Å²) >= 11 is 0. The first kappa shape index (κ1) is 13.0. The summed E-state index contributed by atoms with van der Waals surface area (Å²) in [6.07, 6.45) is 3.18. The van der Waals surface area contributed by atoms with Gasteiger partial charge in [0.05, 0.1) is 11.5 Å². The zero-order valence-corrected chi connectivity index (χ0v) is 9.39. The van der Waals surface area contributed by atoms with Gasteiger partial charge >= 0.3 is 0 Å². The lowest BCUT2D eigenvalue weighted by Crippen LogP contribution is -2.25. The molecule has 1 amide bonds. The van der Waals surface area contributed by atoms with E-state index in [1.807, 2.05) is 13.8 Å². The normalized spacial score (nSPS) is 10.7. The molecule has 3 nitrogen and oxygen atoms in total. The summed E-state index contributed by atoms with van der Waals surface area (Å²) in [5.41, 5.74) is -0.387. The highest BCUT2D eigenvalue weighted by atomic mass is 16.1. The Bertz CT molecular complexity index is 216. The maximum atomic E-state index is 11.3. The van der Waals surface area contributed by atoms with Gasteiger partial charge < -0.3 is 5.32 Å². The van der Waals surface area contributed by atoms with Crippen LogP contribution in [0.3, 0.4) is 0 Å². The molecule has 0 bridgehead atoms. The fourth-order valence-corrected chi connectivity index (χ4v) is 0.975. The molecule has 0 aliphatic rings. The third-order valence-corrected chi connectivity index (χ3v) is 2.13. The van der Waals surface area contributed by atoms with E-state index in [0.29, 0.717) is 12.8 Å². The number of nitrogens with one attached hydrogen (secondary N) is 1. The fraction of sp³-hybridized carbons (Fsp3) is 0.818. The Morgan fingerprint density at radius 3 is 2.64 bits per heavy atom. The van der Waals surface area contributed by atoms with Crippen LogP contribution in [-0.2, 0) is 4.79 Å². The zero-order chi connectivity index (χ0) is 11.0. The quantitative estimate of drug-likeness (QED) is 0.662. The van der Waals surface area contributed by atoms with Crippen molar-refractivity contribution in [1.82, 2.24) is 5.32 Å². The van der Waals surface area contributed by atoms with Gasteiger partial charge in [-0.15, -0.1) is 0 Å². The predicted octanol–water partition coefficient (Wildman–Crippen LogP) is 2.23. The molecule has 0 heterocycles. The Morgan fingerprint density at radius 2 is 2.14 bits per heavy atom. The molecule has 0 aliphatic carbocycles. The van der Waals surface area contributed by atoms with Crippen molar-refractivity contribution >= 4 is 5.91 Å². The van der Waals surface area contributed by atoms with Crippen molar-refractivity contribution in [3.63, 3.8) is 0 Å². The van der Waals surface area contributed by atoms with Crippen molar-refractivity contribution in [1.29, 1.82) is 5.26 Å². The van der Waals surface area contributed by atoms with E-state index in [0.717, 1.165) is 19.4 Å². The molecule has 0 aromatic rings. The molecular weight excluding hydrogens is 176 g/mol. The smallest absolute Gasteiger partial charge is 0.220 e. The molecule has 0 unspecified atom stereocenters. The lowest BCUT2D eigenvalue weighted by atomic mass is 9.90. The van der Waals surface area contributed by atoms with Crippen LogP contribution >= 0.6 is 0 Å². The lowest BCUT2D eigenvalue weighted by molar-refractivity contribution is -0.121. The number of carbonyl (C=O) groups is 1. The van der Waals surface area contributed by atoms with Crippen molar-refractivity contribution in [3.8, 4) is 6.07 Å². The molecular formula is C11H20N2O. The molecule has 0 saturated heterocycles. The Balaban J connectivity index is 3.60. The highest BCUT2D eigenvalue weighted by Crippen LogP contribution is 2.20. The molecule has 0 atom stereocenters. The van der Waals surface area contributed by atoms with E-state index in [1.54, 1.807) is 0 Å². The summed E-state index contributed by atoms with van der Waals surface area (Å²) in [5.74, 6) is 0.0572. The first-order valence-electron chi connectivity index (χ1n) is 5.20. The van der Waals surface area contributed by atoms with Crippen LogP contribution in [0, 0.1) is 16.7 Å². The Morgan fingerprint density at radius 1 is 1.50 bits per heavy atom. The molecule has 0 aromatic heterocycles. The average Bonchev–Trinajstić information content (AvgIpc) is 2.16. The molecule has 0 saturated carbocycles. The SMILES string of the molecule is CCCCNC(=O)CCC(C)(C)C#N. The van der Waals surface area contributed by atoms with Crippen LogP contribution in [0.5, 0.6) is 0 Å². The first-order valence-corrected chi connectivity index (χ1v) is 5.20. The predicted molar refractivity (Wildman–Crippen MR) is 56.5 cm³/mol. The lowest BCUT2D eigenvalue weighted by Gasteiger charge is -2.14. The van der Waals surface area contributed by atoms with Gasteiger partial charge in [-0.3, -0.25) is 4.79 Å². The highest BCUT2D eigenvalue weighted by Gasteiger charge is 2.17. The van der Waals surface area contributed by atoms with E-state index in [1.165, 1.54) is 0 Å². The molecule has 1 N–H and O–H groups in total. The number of hydrogen-bond acceptors (Lipinski definition) is 2. The van der Waals surface area contributed by atoms with Gasteiger partial charge in [0.1, 0.15) is 0 Å². The summed E-state index contributed by atoms with van der Waals surface area (Å²) in [6, 6.07) is 2.18. The van der Waals surface area contributed by atoms with Gasteiger partial charge in [-0.25, -0.2) is 0 Å². The second-order valence-corrected chi connectivity index (χ2v) is 4.20. The van der Waals surface area contributed by atoms with Gasteiger partial charge in [-0.2, -0.15) is 5.26 Å². The van der Waals surface area contributed by atoms with E-state index >= 15 is 0 Å². The molecule has 0 radical (unpaired) electrons. The van der Waals surface area contributed by atoms with Crippen molar-refractivity contribution in [3.05, 3.63) is 0 Å². The second-order valence-electron chi connectivity index (χ2n) is 4.20. The summed E-state index contributed by atoms with van der Waals surface area (Å²) in [6.45, 7) is 6.55. The van der Waals surface area contributed by atoms with Gasteiger partial charge in [-0.05, 0) is 26.7 Å². The maximum absolute atomic E-state index is 11.3. The van der Waals surface area contributed by atoms with Crippen LogP contribution in [0.2, 0.25) is 0 Å². The second kappa shape index (κ2) is 6.42. The first-order chi connectivity index (χ1) is 6.52. The number of nitrogens with zero attached hydrogens (tertiary/aromatic N) is 1. The minimum atomic E-state index is -0.387. The maximum Gasteiger partial charge on any atom is 0.220 e. The number of nitriles is 1.